The fraction of sp³-hybridized carbons (Fsp3) is 0.364. The molecule has 0 aliphatic carbocycles. The molecular weight excluding hydrogens is 592 g/mol. The molecule has 0 aromatic heterocycles. The zero-order valence-corrected chi connectivity index (χ0v) is 26.0. The molecule has 0 atom stereocenters. The predicted octanol–water partition coefficient (Wildman–Crippen LogP) is 3.29. The zero-order chi connectivity index (χ0) is 31.7. The van der Waals surface area contributed by atoms with Crippen LogP contribution in [-0.2, 0) is 36.6 Å². The molecule has 0 heterocycles. The molecule has 0 aliphatic heterocycles. The standard InChI is InChI=1S/3C11H14O3.Cr/c3*1-2-3-5-8-6-4-7-9(10(8)12)11(13)14;/h3*4,6-7,12H,2-3,5H2,1H3,(H,13,14);/q;;;+3/p-3. The van der Waals surface area contributed by atoms with Gasteiger partial charge in [-0.2, -0.15) is 0 Å². The van der Waals surface area contributed by atoms with E-state index < -0.39 is 17.9 Å². The summed E-state index contributed by atoms with van der Waals surface area (Å²) in [5.74, 6) is -4.45. The Balaban J connectivity index is 0.000000608. The quantitative estimate of drug-likeness (QED) is 0.270. The molecule has 0 saturated heterocycles. The van der Waals surface area contributed by atoms with Crippen molar-refractivity contribution >= 4 is 17.9 Å². The van der Waals surface area contributed by atoms with Crippen LogP contribution in [0.5, 0.6) is 17.2 Å². The average molecular weight is 632 g/mol. The van der Waals surface area contributed by atoms with Gasteiger partial charge in [0.2, 0.25) is 0 Å². The molecule has 3 aromatic carbocycles. The van der Waals surface area contributed by atoms with E-state index in [0.717, 1.165) is 38.5 Å². The summed E-state index contributed by atoms with van der Waals surface area (Å²) in [6.07, 6.45) is 7.92. The first-order valence-electron chi connectivity index (χ1n) is 14.1. The SMILES string of the molecule is CCCCc1cccc(C(=O)[O-])c1O.CCCCc1cccc(C(=O)[O-])c1O.CCCCc1cccc(C(=O)[O-])c1O.[Cr+3]. The fourth-order valence-corrected chi connectivity index (χ4v) is 3.98. The number of benzene rings is 3. The van der Waals surface area contributed by atoms with Gasteiger partial charge in [0.05, 0.1) is 17.9 Å². The van der Waals surface area contributed by atoms with E-state index in [9.17, 15) is 45.0 Å². The van der Waals surface area contributed by atoms with Gasteiger partial charge in [-0.3, -0.25) is 0 Å². The van der Waals surface area contributed by atoms with Crippen molar-refractivity contribution in [3.8, 4) is 17.2 Å². The van der Waals surface area contributed by atoms with Gasteiger partial charge in [-0.15, -0.1) is 0 Å². The Hall–Kier alpha value is -4.00. The van der Waals surface area contributed by atoms with E-state index in [1.165, 1.54) is 18.2 Å². The number of carbonyl (C=O) groups excluding carboxylic acids is 3. The largest absolute Gasteiger partial charge is 3.00 e. The molecule has 0 amide bonds. The molecule has 1 radical (unpaired) electrons. The van der Waals surface area contributed by atoms with Crippen LogP contribution in [0.15, 0.2) is 54.6 Å². The van der Waals surface area contributed by atoms with E-state index in [2.05, 4.69) is 0 Å². The van der Waals surface area contributed by atoms with E-state index >= 15 is 0 Å². The minimum absolute atomic E-state index is 0. The Kier molecular flexibility index (Phi) is 18.9. The van der Waals surface area contributed by atoms with E-state index in [1.807, 2.05) is 20.8 Å². The second kappa shape index (κ2) is 20.8. The molecule has 43 heavy (non-hydrogen) atoms. The number of carboxylic acids is 3. The Morgan fingerprint density at radius 3 is 0.930 bits per heavy atom. The molecule has 0 bridgehead atoms. The summed E-state index contributed by atoms with van der Waals surface area (Å²) < 4.78 is 0. The summed E-state index contributed by atoms with van der Waals surface area (Å²) in [5, 5.41) is 60.4. The van der Waals surface area contributed by atoms with Gasteiger partial charge in [0.15, 0.2) is 0 Å². The number of aromatic carboxylic acids is 3. The molecule has 0 unspecified atom stereocenters. The summed E-state index contributed by atoms with van der Waals surface area (Å²) in [6.45, 7) is 6.12. The van der Waals surface area contributed by atoms with Crippen molar-refractivity contribution < 1.29 is 62.4 Å². The average Bonchev–Trinajstić information content (AvgIpc) is 2.96. The summed E-state index contributed by atoms with van der Waals surface area (Å²) in [6, 6.07) is 14.1. The number of aromatic hydroxyl groups is 3. The van der Waals surface area contributed by atoms with Crippen LogP contribution in [0.4, 0.5) is 0 Å². The van der Waals surface area contributed by atoms with Crippen molar-refractivity contribution in [1.82, 2.24) is 0 Å². The van der Waals surface area contributed by atoms with Crippen LogP contribution in [-0.4, -0.2) is 33.2 Å². The van der Waals surface area contributed by atoms with Crippen LogP contribution in [0.1, 0.15) is 107 Å². The van der Waals surface area contributed by atoms with Gasteiger partial charge in [0.25, 0.3) is 0 Å². The molecule has 9 nitrogen and oxygen atoms in total. The third-order valence-electron chi connectivity index (χ3n) is 6.42. The maximum absolute atomic E-state index is 10.6. The summed E-state index contributed by atoms with van der Waals surface area (Å²) in [7, 11) is 0. The van der Waals surface area contributed by atoms with Gasteiger partial charge in [0.1, 0.15) is 17.2 Å². The van der Waals surface area contributed by atoms with Gasteiger partial charge in [0, 0.05) is 16.7 Å². The van der Waals surface area contributed by atoms with E-state index in [4.69, 9.17) is 0 Å². The molecule has 10 heteroatoms. The molecule has 3 N–H and O–H groups in total. The first-order valence-corrected chi connectivity index (χ1v) is 14.1. The fourth-order valence-electron chi connectivity index (χ4n) is 3.98. The molecule has 0 aliphatic rings. The van der Waals surface area contributed by atoms with Gasteiger partial charge >= 0.3 is 17.4 Å². The molecule has 0 fully saturated rings. The monoisotopic (exact) mass is 631 g/mol. The first kappa shape index (κ1) is 39.0. The van der Waals surface area contributed by atoms with Crippen LogP contribution >= 0.6 is 0 Å². The number of rotatable bonds is 12. The van der Waals surface area contributed by atoms with Crippen LogP contribution in [0.25, 0.3) is 0 Å². The van der Waals surface area contributed by atoms with E-state index in [-0.39, 0.29) is 51.3 Å². The van der Waals surface area contributed by atoms with Gasteiger partial charge < -0.3 is 45.0 Å². The normalized spacial score (nSPS) is 9.84. The Morgan fingerprint density at radius 2 is 0.744 bits per heavy atom. The van der Waals surface area contributed by atoms with Crippen LogP contribution in [0, 0.1) is 0 Å². The molecule has 3 aromatic rings. The number of para-hydroxylation sites is 3. The van der Waals surface area contributed by atoms with E-state index in [1.54, 1.807) is 36.4 Å². The zero-order valence-electron chi connectivity index (χ0n) is 24.8. The predicted molar refractivity (Wildman–Crippen MR) is 153 cm³/mol. The Bertz CT molecular complexity index is 1160. The second-order valence-corrected chi connectivity index (χ2v) is 9.61. The van der Waals surface area contributed by atoms with Crippen molar-refractivity contribution in [3.63, 3.8) is 0 Å². The summed E-state index contributed by atoms with van der Waals surface area (Å²) >= 11 is 0. The number of aryl methyl sites for hydroxylation is 3. The third kappa shape index (κ3) is 12.8. The van der Waals surface area contributed by atoms with Gasteiger partial charge in [-0.25, -0.2) is 0 Å². The van der Waals surface area contributed by atoms with Crippen LogP contribution < -0.4 is 15.3 Å². The topological polar surface area (TPSA) is 181 Å². The van der Waals surface area contributed by atoms with Crippen molar-refractivity contribution in [2.24, 2.45) is 0 Å². The number of phenols is 3. The Labute approximate surface area is 263 Å². The maximum atomic E-state index is 10.6. The molecule has 3 rings (SSSR count). The van der Waals surface area contributed by atoms with Crippen LogP contribution in [0.2, 0.25) is 0 Å². The molecule has 0 spiro atoms. The van der Waals surface area contributed by atoms with Crippen molar-refractivity contribution in [3.05, 3.63) is 88.0 Å². The minimum Gasteiger partial charge on any atom is -0.545 e. The second-order valence-electron chi connectivity index (χ2n) is 9.61. The molecule has 231 valence electrons. The van der Waals surface area contributed by atoms with Crippen molar-refractivity contribution in [2.75, 3.05) is 0 Å². The summed E-state index contributed by atoms with van der Waals surface area (Å²) in [5.41, 5.74) is 1.64. The van der Waals surface area contributed by atoms with Crippen LogP contribution in [0.3, 0.4) is 0 Å². The number of carboxylic acid groups (broad SMARTS) is 3. The third-order valence-corrected chi connectivity index (χ3v) is 6.42. The van der Waals surface area contributed by atoms with Gasteiger partial charge in [-0.05, 0) is 73.4 Å². The van der Waals surface area contributed by atoms with Crippen molar-refractivity contribution in [1.29, 1.82) is 0 Å². The molecular formula is C33H39CrO9. The van der Waals surface area contributed by atoms with Crippen molar-refractivity contribution in [2.45, 2.75) is 78.6 Å². The number of hydrogen-bond acceptors (Lipinski definition) is 9. The molecule has 0 saturated carbocycles. The minimum atomic E-state index is -1.33. The van der Waals surface area contributed by atoms with E-state index in [0.29, 0.717) is 36.0 Å². The number of carbonyl (C=O) groups is 3. The first-order chi connectivity index (χ1) is 20.0. The van der Waals surface area contributed by atoms with Gasteiger partial charge in [-0.1, -0.05) is 76.4 Å². The summed E-state index contributed by atoms with van der Waals surface area (Å²) in [4.78, 5) is 31.7. The number of hydrogen-bond donors (Lipinski definition) is 3. The Morgan fingerprint density at radius 1 is 0.512 bits per heavy atom. The number of unbranched alkanes of at least 4 members (excludes halogenated alkanes) is 3. The smallest absolute Gasteiger partial charge is 0.545 e. The maximum Gasteiger partial charge on any atom is 3.00 e.